The largest absolute Gasteiger partial charge is 0.465 e. The number of aliphatic hydroxyl groups is 15. The summed E-state index contributed by atoms with van der Waals surface area (Å²) >= 11 is 0. The van der Waals surface area contributed by atoms with Crippen LogP contribution < -0.4 is 0 Å². The van der Waals surface area contributed by atoms with Crippen molar-refractivity contribution in [1.82, 2.24) is 0 Å². The van der Waals surface area contributed by atoms with E-state index in [2.05, 4.69) is 4.74 Å². The predicted octanol–water partition coefficient (Wildman–Crippen LogP) is -10.6. The van der Waals surface area contributed by atoms with Crippen molar-refractivity contribution in [1.29, 1.82) is 0 Å². The lowest BCUT2D eigenvalue weighted by Crippen LogP contribution is -2.64. The number of ether oxygens (including phenoxy) is 9. The number of aldehydes is 1. The molecule has 334 valence electrons. The lowest BCUT2D eigenvalue weighted by atomic mass is 9.97. The Hall–Kier alpha value is -1.78. The average Bonchev–Trinajstić information content (AvgIpc) is 3.21. The Balaban J connectivity index is 0.000000316. The molecule has 26 heteroatoms. The molecule has 57 heavy (non-hydrogen) atoms. The molecule has 15 N–H and O–H groups in total. The second-order valence-corrected chi connectivity index (χ2v) is 13.1. The molecule has 0 spiro atoms. The third-order valence-electron chi connectivity index (χ3n) is 9.26. The van der Waals surface area contributed by atoms with Crippen LogP contribution in [0.15, 0.2) is 0 Å². The Morgan fingerprint density at radius 3 is 1.23 bits per heavy atom. The minimum atomic E-state index is -1.77. The zero-order valence-electron chi connectivity index (χ0n) is 32.0. The van der Waals surface area contributed by atoms with E-state index in [4.69, 9.17) is 40.6 Å². The monoisotopic (exact) mass is 844 g/mol. The summed E-state index contributed by atoms with van der Waals surface area (Å²) in [5.41, 5.74) is 0. The number of aliphatic hydroxyl groups excluding tert-OH is 15. The first-order valence-electron chi connectivity index (χ1n) is 18.5. The molecular weight excluding hydrogens is 788 g/mol. The normalized spacial score (nSPS) is 44.8. The molecule has 0 bridgehead atoms. The van der Waals surface area contributed by atoms with Crippen LogP contribution in [0.5, 0.6) is 0 Å². The third kappa shape index (κ3) is 12.6. The van der Waals surface area contributed by atoms with Gasteiger partial charge in [0.1, 0.15) is 118 Å². The van der Waals surface area contributed by atoms with Crippen LogP contribution in [0.3, 0.4) is 0 Å². The average molecular weight is 845 g/mol. The fraction of sp³-hybridized carbons (Fsp3) is 0.935. The Morgan fingerprint density at radius 2 is 0.860 bits per heavy atom. The van der Waals surface area contributed by atoms with E-state index >= 15 is 0 Å². The first-order chi connectivity index (χ1) is 27.8. The first-order valence-corrected chi connectivity index (χ1v) is 17.5. The molecule has 0 aliphatic carbocycles. The van der Waals surface area contributed by atoms with E-state index in [1.165, 1.54) is 0 Å². The van der Waals surface area contributed by atoms with Gasteiger partial charge in [-0.25, -0.2) is 0 Å². The summed E-state index contributed by atoms with van der Waals surface area (Å²) in [5.74, 6) is 0. The van der Waals surface area contributed by atoms with Crippen LogP contribution in [0.2, 0.25) is 0 Å². The van der Waals surface area contributed by atoms with Crippen LogP contribution in [0, 0.1) is 0 Å². The summed E-state index contributed by atoms with van der Waals surface area (Å²) < 4.78 is 59.8. The molecule has 3 unspecified atom stereocenters. The Labute approximate surface area is 326 Å². The van der Waals surface area contributed by atoms with E-state index in [-0.39, 0.29) is 26.2 Å². The van der Waals surface area contributed by atoms with E-state index in [9.17, 15) is 86.2 Å². The van der Waals surface area contributed by atoms with Crippen LogP contribution in [0.1, 0.15) is 9.16 Å². The van der Waals surface area contributed by atoms with Crippen molar-refractivity contribution < 1.29 is 132 Å². The van der Waals surface area contributed by atoms with Crippen molar-refractivity contribution in [3.63, 3.8) is 0 Å². The summed E-state index contributed by atoms with van der Waals surface area (Å²) in [6, 6.07) is 0. The molecule has 21 atom stereocenters. The summed E-state index contributed by atoms with van der Waals surface area (Å²) in [5, 5.41) is 147. The maximum Gasteiger partial charge on any atom is 0.293 e. The molecule has 0 radical (unpaired) electrons. The molecule has 0 aromatic rings. The number of hydrogen-bond acceptors (Lipinski definition) is 26. The van der Waals surface area contributed by atoms with Gasteiger partial charge in [0.25, 0.3) is 6.45 Å². The lowest BCUT2D eigenvalue weighted by molar-refractivity contribution is -0.359. The van der Waals surface area contributed by atoms with E-state index in [0.29, 0.717) is 0 Å². The van der Waals surface area contributed by atoms with Gasteiger partial charge in [0.2, 0.25) is 0 Å². The zero-order chi connectivity index (χ0) is 44.3. The summed E-state index contributed by atoms with van der Waals surface area (Å²) in [4.78, 5) is 21.1. The maximum absolute atomic E-state index is 10.7. The van der Waals surface area contributed by atoms with Crippen LogP contribution >= 0.6 is 0 Å². The Morgan fingerprint density at radius 1 is 0.491 bits per heavy atom. The first kappa shape index (κ1) is 46.3. The molecule has 26 nitrogen and oxygen atoms in total. The number of rotatable bonds is 17. The van der Waals surface area contributed by atoms with E-state index in [1.54, 1.807) is 0 Å². The van der Waals surface area contributed by atoms with E-state index < -0.39 is 168 Å². The third-order valence-corrected chi connectivity index (χ3v) is 9.26. The number of hydrogen-bond donors (Lipinski definition) is 15. The second kappa shape index (κ2) is 23.9. The Kier molecular flexibility index (Phi) is 19.4. The molecule has 4 rings (SSSR count). The van der Waals surface area contributed by atoms with Gasteiger partial charge in [-0.05, 0) is 0 Å². The van der Waals surface area contributed by atoms with Gasteiger partial charge >= 0.3 is 0 Å². The van der Waals surface area contributed by atoms with Crippen molar-refractivity contribution in [2.45, 2.75) is 135 Å². The zero-order valence-corrected chi connectivity index (χ0v) is 30.0. The molecule has 0 saturated carbocycles. The minimum Gasteiger partial charge on any atom is -0.465 e. The molecule has 0 amide bonds. The van der Waals surface area contributed by atoms with Gasteiger partial charge in [0, 0.05) is 6.42 Å². The number of carbonyl (C=O) groups excluding carboxylic acids is 2. The molecular formula is C31H54O26. The predicted molar refractivity (Wildman–Crippen MR) is 173 cm³/mol. The quantitative estimate of drug-likeness (QED) is 0.0477. The highest BCUT2D eigenvalue weighted by molar-refractivity contribution is 5.55. The number of carbonyl (C=O) groups is 2. The van der Waals surface area contributed by atoms with Crippen LogP contribution in [0.4, 0.5) is 0 Å². The van der Waals surface area contributed by atoms with Crippen molar-refractivity contribution in [2.24, 2.45) is 0 Å². The molecule has 4 fully saturated rings. The van der Waals surface area contributed by atoms with Crippen molar-refractivity contribution in [3.05, 3.63) is 0 Å². The van der Waals surface area contributed by atoms with Crippen molar-refractivity contribution >= 4 is 12.7 Å². The molecule has 4 aliphatic heterocycles. The van der Waals surface area contributed by atoms with Gasteiger partial charge in [-0.15, -0.1) is 0 Å². The lowest BCUT2D eigenvalue weighted by Gasteiger charge is -2.45. The smallest absolute Gasteiger partial charge is 0.293 e. The molecule has 4 saturated heterocycles. The molecule has 0 aromatic heterocycles. The standard InChI is InChI=1S/C16H28O13.C15H26O13/c17-3-6(20)1-2-26-15-13(25)11(23)14(8(5-19)28-15)29-16-12(24)10(22)9(21)7(4-18)27-16;16-3-6-8(19)9(20)11(22)15(26-6)28-13-7(4-17)27-14(12(23)10(13)21)25-2-1-24-5-18/h3,6-16,18-25H,1-2,4-5H2;5-17,19-23H,1-4H2/t6?,7-,8-,9-,10+,11-,12-,13-,14?,15-,16-;6-,7-,8-,9+,10-,11-,12-,13?,14-,15-/m11/s1/i3D;5D. The molecule has 0 aromatic carbocycles. The van der Waals surface area contributed by atoms with Gasteiger partial charge in [-0.1, -0.05) is 0 Å². The van der Waals surface area contributed by atoms with Gasteiger partial charge in [0.15, 0.2) is 26.5 Å². The summed E-state index contributed by atoms with van der Waals surface area (Å²) in [6.45, 7) is -3.71. The van der Waals surface area contributed by atoms with E-state index in [0.717, 1.165) is 0 Å². The van der Waals surface area contributed by atoms with E-state index in [1.807, 2.05) is 0 Å². The highest BCUT2D eigenvalue weighted by Crippen LogP contribution is 2.31. The minimum absolute atomic E-state index is 0.264. The van der Waals surface area contributed by atoms with Crippen LogP contribution in [0.25, 0.3) is 0 Å². The van der Waals surface area contributed by atoms with Crippen LogP contribution in [-0.4, -0.2) is 264 Å². The fourth-order valence-electron chi connectivity index (χ4n) is 5.99. The highest BCUT2D eigenvalue weighted by Gasteiger charge is 2.52. The van der Waals surface area contributed by atoms with Gasteiger partial charge in [-0.3, -0.25) is 4.79 Å². The van der Waals surface area contributed by atoms with Crippen molar-refractivity contribution in [3.8, 4) is 0 Å². The second-order valence-electron chi connectivity index (χ2n) is 13.1. The fourth-order valence-corrected chi connectivity index (χ4v) is 5.99. The van der Waals surface area contributed by atoms with Gasteiger partial charge in [0.05, 0.1) is 39.6 Å². The van der Waals surface area contributed by atoms with Crippen LogP contribution in [-0.2, 0) is 52.2 Å². The highest BCUT2D eigenvalue weighted by atomic mass is 16.8. The summed E-state index contributed by atoms with van der Waals surface area (Å²) in [7, 11) is 0. The Bertz CT molecular complexity index is 1250. The summed E-state index contributed by atoms with van der Waals surface area (Å²) in [6.07, 6.45) is -35.5. The van der Waals surface area contributed by atoms with Gasteiger partial charge < -0.3 is 124 Å². The maximum atomic E-state index is 10.7. The van der Waals surface area contributed by atoms with Crippen molar-refractivity contribution in [2.75, 3.05) is 46.2 Å². The molecule has 4 heterocycles. The molecule has 4 aliphatic rings. The van der Waals surface area contributed by atoms with Gasteiger partial charge in [-0.2, -0.15) is 0 Å². The topological polar surface area (TPSA) is 421 Å². The SMILES string of the molecule is [2H]C(=O)C(O)CCO[C@@H]1O[C@H](CO)C(O[C@H]2O[C@H](CO)[C@@H](O)[C@H](O)[C@H]2O)[C@H](O)[C@H]1O.[2H]C(=O)OCCO[C@@H]1O[C@H](CO)C(O[C@H]2O[C@H](CO)[C@@H](O)[C@H](O)[C@H]2O)[C@H](O)[C@H]1O.